The molecule has 0 heterocycles. The minimum absolute atomic E-state index is 0.218. The van der Waals surface area contributed by atoms with Crippen LogP contribution in [-0.2, 0) is 14.3 Å². The number of nitrogens with one attached hydrogen (secondary N) is 1. The van der Waals surface area contributed by atoms with Crippen LogP contribution in [0, 0.1) is 0 Å². The summed E-state index contributed by atoms with van der Waals surface area (Å²) in [4.78, 5) is 23.9. The topological polar surface area (TPSA) is 55.4 Å². The molecule has 0 spiro atoms. The first-order chi connectivity index (χ1) is 11.5. The van der Waals surface area contributed by atoms with E-state index in [1.165, 1.54) is 11.6 Å². The van der Waals surface area contributed by atoms with Crippen molar-refractivity contribution in [3.8, 4) is 0 Å². The minimum Gasteiger partial charge on any atom is -0.449 e. The number of rotatable bonds is 6. The van der Waals surface area contributed by atoms with E-state index < -0.39 is 12.1 Å². The molecule has 2 rings (SSSR count). The summed E-state index contributed by atoms with van der Waals surface area (Å²) in [5.74, 6) is -0.242. The van der Waals surface area contributed by atoms with Gasteiger partial charge in [-0.15, -0.1) is 0 Å². The highest BCUT2D eigenvalue weighted by molar-refractivity contribution is 5.90. The molecule has 4 heteroatoms. The third kappa shape index (κ3) is 5.52. The fraction of sp³-hybridized carbons (Fsp3) is 0.500. The normalized spacial score (nSPS) is 16.5. The van der Waals surface area contributed by atoms with Crippen molar-refractivity contribution in [2.45, 2.75) is 64.5 Å². The second-order valence-electron chi connectivity index (χ2n) is 6.72. The molecule has 4 nitrogen and oxygen atoms in total. The van der Waals surface area contributed by atoms with E-state index in [9.17, 15) is 9.59 Å². The molecular weight excluding hydrogens is 302 g/mol. The predicted molar refractivity (Wildman–Crippen MR) is 95.5 cm³/mol. The van der Waals surface area contributed by atoms with Crippen LogP contribution in [0.4, 0.5) is 0 Å². The van der Waals surface area contributed by atoms with Crippen LogP contribution in [0.5, 0.6) is 0 Å². The molecule has 1 fully saturated rings. The number of benzene rings is 1. The van der Waals surface area contributed by atoms with Crippen molar-refractivity contribution in [2.24, 2.45) is 0 Å². The van der Waals surface area contributed by atoms with Crippen molar-refractivity contribution >= 4 is 18.0 Å². The van der Waals surface area contributed by atoms with Crippen molar-refractivity contribution in [2.75, 3.05) is 0 Å². The molecule has 1 unspecified atom stereocenters. The number of hydrogen-bond acceptors (Lipinski definition) is 3. The van der Waals surface area contributed by atoms with Gasteiger partial charge in [0.2, 0.25) is 0 Å². The van der Waals surface area contributed by atoms with Crippen LogP contribution in [0.25, 0.3) is 6.08 Å². The van der Waals surface area contributed by atoms with Gasteiger partial charge in [0.05, 0.1) is 0 Å². The van der Waals surface area contributed by atoms with Crippen LogP contribution in [0.1, 0.15) is 63.5 Å². The molecule has 1 atom stereocenters. The first kappa shape index (κ1) is 18.2. The highest BCUT2D eigenvalue weighted by atomic mass is 16.5. The Kier molecular flexibility index (Phi) is 6.59. The molecule has 0 aromatic heterocycles. The smallest absolute Gasteiger partial charge is 0.331 e. The Balaban J connectivity index is 1.81. The van der Waals surface area contributed by atoms with E-state index in [1.54, 1.807) is 13.0 Å². The Morgan fingerprint density at radius 3 is 2.33 bits per heavy atom. The molecule has 1 aliphatic carbocycles. The Bertz CT molecular complexity index is 583. The van der Waals surface area contributed by atoms with Gasteiger partial charge < -0.3 is 10.1 Å². The third-order valence-corrected chi connectivity index (χ3v) is 4.38. The molecule has 0 bridgehead atoms. The highest BCUT2D eigenvalue weighted by Gasteiger charge is 2.22. The van der Waals surface area contributed by atoms with E-state index in [2.05, 4.69) is 19.2 Å². The molecule has 1 aromatic carbocycles. The standard InChI is InChI=1S/C20H27NO3/c1-14(2)17-11-8-16(9-12-17)10-13-19(22)24-15(3)20(23)21-18-6-4-5-7-18/h8-15,18H,4-7H2,1-3H3,(H,21,23)/b13-10+. The van der Waals surface area contributed by atoms with Crippen LogP contribution in [0.15, 0.2) is 30.3 Å². The van der Waals surface area contributed by atoms with Crippen LogP contribution in [0.3, 0.4) is 0 Å². The summed E-state index contributed by atoms with van der Waals surface area (Å²) >= 11 is 0. The van der Waals surface area contributed by atoms with E-state index in [0.717, 1.165) is 31.2 Å². The summed E-state index contributed by atoms with van der Waals surface area (Å²) < 4.78 is 5.17. The van der Waals surface area contributed by atoms with Crippen LogP contribution < -0.4 is 5.32 Å². The molecule has 0 aliphatic heterocycles. The Morgan fingerprint density at radius 1 is 1.12 bits per heavy atom. The lowest BCUT2D eigenvalue weighted by Gasteiger charge is -2.16. The highest BCUT2D eigenvalue weighted by Crippen LogP contribution is 2.18. The average Bonchev–Trinajstić information content (AvgIpc) is 3.06. The van der Waals surface area contributed by atoms with Gasteiger partial charge >= 0.3 is 5.97 Å². The fourth-order valence-corrected chi connectivity index (χ4v) is 2.81. The van der Waals surface area contributed by atoms with Gasteiger partial charge in [0.15, 0.2) is 6.10 Å². The molecule has 1 aliphatic rings. The van der Waals surface area contributed by atoms with Crippen LogP contribution in [0.2, 0.25) is 0 Å². The maximum absolute atomic E-state index is 12.0. The zero-order valence-electron chi connectivity index (χ0n) is 14.7. The Hall–Kier alpha value is -2.10. The zero-order valence-corrected chi connectivity index (χ0v) is 14.7. The van der Waals surface area contributed by atoms with Gasteiger partial charge in [0.1, 0.15) is 0 Å². The van der Waals surface area contributed by atoms with Crippen molar-refractivity contribution < 1.29 is 14.3 Å². The molecule has 1 aromatic rings. The number of carbonyl (C=O) groups excluding carboxylic acids is 2. The maximum Gasteiger partial charge on any atom is 0.331 e. The van der Waals surface area contributed by atoms with Gasteiger partial charge in [-0.3, -0.25) is 4.79 Å². The molecule has 1 saturated carbocycles. The molecule has 130 valence electrons. The molecule has 1 amide bonds. The number of hydrogen-bond donors (Lipinski definition) is 1. The maximum atomic E-state index is 12.0. The van der Waals surface area contributed by atoms with E-state index in [-0.39, 0.29) is 11.9 Å². The summed E-state index contributed by atoms with van der Waals surface area (Å²) in [6.45, 7) is 5.88. The van der Waals surface area contributed by atoms with Gasteiger partial charge in [-0.2, -0.15) is 0 Å². The largest absolute Gasteiger partial charge is 0.449 e. The Morgan fingerprint density at radius 2 is 1.75 bits per heavy atom. The summed E-state index contributed by atoms with van der Waals surface area (Å²) in [6, 6.07) is 8.26. The van der Waals surface area contributed by atoms with Crippen molar-refractivity contribution in [3.05, 3.63) is 41.5 Å². The van der Waals surface area contributed by atoms with Crippen molar-refractivity contribution in [3.63, 3.8) is 0 Å². The molecule has 1 N–H and O–H groups in total. The summed E-state index contributed by atoms with van der Waals surface area (Å²) in [5.41, 5.74) is 2.19. The molecular formula is C20H27NO3. The molecule has 24 heavy (non-hydrogen) atoms. The number of ether oxygens (including phenoxy) is 1. The number of carbonyl (C=O) groups is 2. The monoisotopic (exact) mass is 329 g/mol. The van der Waals surface area contributed by atoms with Crippen LogP contribution in [-0.4, -0.2) is 24.0 Å². The summed E-state index contributed by atoms with van der Waals surface area (Å²) in [6.07, 6.45) is 6.62. The fourth-order valence-electron chi connectivity index (χ4n) is 2.81. The second kappa shape index (κ2) is 8.67. The van der Waals surface area contributed by atoms with Gasteiger partial charge in [-0.25, -0.2) is 4.79 Å². The minimum atomic E-state index is -0.772. The summed E-state index contributed by atoms with van der Waals surface area (Å²) in [7, 11) is 0. The van der Waals surface area contributed by atoms with Gasteiger partial charge in [-0.05, 0) is 42.9 Å². The second-order valence-corrected chi connectivity index (χ2v) is 6.72. The van der Waals surface area contributed by atoms with E-state index >= 15 is 0 Å². The lowest BCUT2D eigenvalue weighted by Crippen LogP contribution is -2.40. The van der Waals surface area contributed by atoms with Gasteiger partial charge in [0, 0.05) is 12.1 Å². The van der Waals surface area contributed by atoms with E-state index in [4.69, 9.17) is 4.74 Å². The number of esters is 1. The Labute approximate surface area is 144 Å². The SMILES string of the molecule is CC(OC(=O)/C=C/c1ccc(C(C)C)cc1)C(=O)NC1CCCC1. The zero-order chi connectivity index (χ0) is 17.5. The predicted octanol–water partition coefficient (Wildman–Crippen LogP) is 3.81. The van der Waals surface area contributed by atoms with Crippen molar-refractivity contribution in [1.29, 1.82) is 0 Å². The quantitative estimate of drug-likeness (QED) is 0.638. The van der Waals surface area contributed by atoms with E-state index in [0.29, 0.717) is 5.92 Å². The van der Waals surface area contributed by atoms with Gasteiger partial charge in [0.25, 0.3) is 5.91 Å². The van der Waals surface area contributed by atoms with Gasteiger partial charge in [-0.1, -0.05) is 51.0 Å². The average molecular weight is 329 g/mol. The summed E-state index contributed by atoms with van der Waals surface area (Å²) in [5, 5.41) is 2.93. The van der Waals surface area contributed by atoms with E-state index in [1.807, 2.05) is 24.3 Å². The first-order valence-electron chi connectivity index (χ1n) is 8.74. The molecule has 0 radical (unpaired) electrons. The lowest BCUT2D eigenvalue weighted by atomic mass is 10.0. The first-order valence-corrected chi connectivity index (χ1v) is 8.74. The van der Waals surface area contributed by atoms with Crippen molar-refractivity contribution in [1.82, 2.24) is 5.32 Å². The third-order valence-electron chi connectivity index (χ3n) is 4.38. The number of amides is 1. The lowest BCUT2D eigenvalue weighted by molar-refractivity contribution is -0.150. The molecule has 0 saturated heterocycles. The van der Waals surface area contributed by atoms with Crippen LogP contribution >= 0.6 is 0 Å².